The van der Waals surface area contributed by atoms with Crippen LogP contribution in [0.15, 0.2) is 17.0 Å². The molecule has 1 fully saturated rings. The number of thioether (sulfide) groups is 1. The van der Waals surface area contributed by atoms with Crippen LogP contribution in [-0.4, -0.2) is 26.0 Å². The van der Waals surface area contributed by atoms with Gasteiger partial charge < -0.3 is 5.73 Å². The molecule has 0 heterocycles. The Labute approximate surface area is 131 Å². The number of hydrogen-bond acceptors (Lipinski definition) is 4. The molecule has 0 radical (unpaired) electrons. The van der Waals surface area contributed by atoms with E-state index in [1.165, 1.54) is 6.42 Å². The summed E-state index contributed by atoms with van der Waals surface area (Å²) in [6, 6.07) is 3.52. The highest BCUT2D eigenvalue weighted by atomic mass is 32.2. The summed E-state index contributed by atoms with van der Waals surface area (Å²) in [6.07, 6.45) is 6.26. The van der Waals surface area contributed by atoms with E-state index in [2.05, 4.69) is 4.72 Å². The minimum Gasteiger partial charge on any atom is -0.398 e. The molecule has 0 saturated heterocycles. The number of nitrogen functional groups attached to an aromatic ring is 1. The Morgan fingerprint density at radius 2 is 1.90 bits per heavy atom. The van der Waals surface area contributed by atoms with E-state index in [9.17, 15) is 8.42 Å². The van der Waals surface area contributed by atoms with E-state index in [1.54, 1.807) is 17.8 Å². The quantitative estimate of drug-likeness (QED) is 0.834. The van der Waals surface area contributed by atoms with Gasteiger partial charge in [-0.3, -0.25) is 0 Å². The van der Waals surface area contributed by atoms with Gasteiger partial charge in [0.2, 0.25) is 10.0 Å². The van der Waals surface area contributed by atoms with Gasteiger partial charge in [-0.25, -0.2) is 13.1 Å². The first-order valence-electron chi connectivity index (χ1n) is 7.27. The lowest BCUT2D eigenvalue weighted by atomic mass is 9.96. The average Bonchev–Trinajstić information content (AvgIpc) is 2.43. The molecule has 21 heavy (non-hydrogen) atoms. The predicted octanol–water partition coefficient (Wildman–Crippen LogP) is 2.84. The van der Waals surface area contributed by atoms with E-state index < -0.39 is 10.0 Å². The van der Waals surface area contributed by atoms with Gasteiger partial charge in [-0.1, -0.05) is 18.9 Å². The third kappa shape index (κ3) is 3.55. The van der Waals surface area contributed by atoms with Crippen molar-refractivity contribution in [3.63, 3.8) is 0 Å². The van der Waals surface area contributed by atoms with Crippen LogP contribution in [0.2, 0.25) is 0 Å². The topological polar surface area (TPSA) is 72.2 Å². The molecule has 0 bridgehead atoms. The maximum absolute atomic E-state index is 12.8. The van der Waals surface area contributed by atoms with Crippen molar-refractivity contribution in [2.24, 2.45) is 0 Å². The SMILES string of the molecule is CSC1CCCCC1NS(=O)(=O)c1c(N)ccc(C)c1C. The Hall–Kier alpha value is -0.720. The first kappa shape index (κ1) is 16.6. The molecule has 0 amide bonds. The summed E-state index contributed by atoms with van der Waals surface area (Å²) in [4.78, 5) is 0.243. The van der Waals surface area contributed by atoms with Gasteiger partial charge >= 0.3 is 0 Å². The van der Waals surface area contributed by atoms with Gasteiger partial charge in [0.05, 0.1) is 5.69 Å². The largest absolute Gasteiger partial charge is 0.398 e. The van der Waals surface area contributed by atoms with Gasteiger partial charge in [0.15, 0.2) is 0 Å². The molecule has 1 aromatic carbocycles. The Kier molecular flexibility index (Phi) is 5.22. The second-order valence-corrected chi connectivity index (χ2v) is 8.44. The van der Waals surface area contributed by atoms with E-state index in [1.807, 2.05) is 26.2 Å². The molecule has 4 nitrogen and oxygen atoms in total. The van der Waals surface area contributed by atoms with Crippen LogP contribution in [-0.2, 0) is 10.0 Å². The molecule has 0 spiro atoms. The lowest BCUT2D eigenvalue weighted by Crippen LogP contribution is -2.43. The van der Waals surface area contributed by atoms with Gasteiger partial charge in [0, 0.05) is 11.3 Å². The van der Waals surface area contributed by atoms with Gasteiger partial charge in [0.1, 0.15) is 4.90 Å². The summed E-state index contributed by atoms with van der Waals surface area (Å²) in [6.45, 7) is 3.71. The van der Waals surface area contributed by atoms with Gasteiger partial charge in [-0.2, -0.15) is 11.8 Å². The van der Waals surface area contributed by atoms with Crippen molar-refractivity contribution in [1.29, 1.82) is 0 Å². The van der Waals surface area contributed by atoms with Crippen LogP contribution in [0.1, 0.15) is 36.8 Å². The van der Waals surface area contributed by atoms with Crippen molar-refractivity contribution in [2.75, 3.05) is 12.0 Å². The zero-order chi connectivity index (χ0) is 15.6. The molecule has 0 aromatic heterocycles. The number of nitrogens with one attached hydrogen (secondary N) is 1. The zero-order valence-electron chi connectivity index (χ0n) is 12.8. The first-order valence-corrected chi connectivity index (χ1v) is 10.0. The summed E-state index contributed by atoms with van der Waals surface area (Å²) in [5.41, 5.74) is 7.92. The molecule has 0 aliphatic heterocycles. The Balaban J connectivity index is 2.32. The summed E-state index contributed by atoms with van der Waals surface area (Å²) in [5, 5.41) is 0.347. The second-order valence-electron chi connectivity index (χ2n) is 5.71. The molecule has 1 saturated carbocycles. The van der Waals surface area contributed by atoms with Crippen LogP contribution >= 0.6 is 11.8 Å². The highest BCUT2D eigenvalue weighted by molar-refractivity contribution is 7.99. The van der Waals surface area contributed by atoms with Crippen molar-refractivity contribution < 1.29 is 8.42 Å². The van der Waals surface area contributed by atoms with Gasteiger partial charge in [-0.05, 0) is 50.1 Å². The van der Waals surface area contributed by atoms with Crippen LogP contribution in [0.25, 0.3) is 0 Å². The number of benzene rings is 1. The molecule has 118 valence electrons. The number of aryl methyl sites for hydroxylation is 1. The average molecular weight is 329 g/mol. The Morgan fingerprint density at radius 1 is 1.24 bits per heavy atom. The standard InChI is InChI=1S/C15H24N2O2S2/c1-10-8-9-12(16)15(11(10)2)21(18,19)17-13-6-4-5-7-14(13)20-3/h8-9,13-14,17H,4-7,16H2,1-3H3. The van der Waals surface area contributed by atoms with Crippen molar-refractivity contribution in [1.82, 2.24) is 4.72 Å². The minimum atomic E-state index is -3.58. The molecule has 1 aromatic rings. The molecular weight excluding hydrogens is 304 g/mol. The van der Waals surface area contributed by atoms with E-state index in [4.69, 9.17) is 5.73 Å². The predicted molar refractivity (Wildman–Crippen MR) is 90.2 cm³/mol. The van der Waals surface area contributed by atoms with E-state index in [0.717, 1.165) is 30.4 Å². The second kappa shape index (κ2) is 6.58. The number of hydrogen-bond donors (Lipinski definition) is 2. The molecule has 1 aliphatic carbocycles. The summed E-state index contributed by atoms with van der Waals surface area (Å²) in [5.74, 6) is 0. The smallest absolute Gasteiger partial charge is 0.243 e. The molecule has 6 heteroatoms. The van der Waals surface area contributed by atoms with Gasteiger partial charge in [-0.15, -0.1) is 0 Å². The van der Waals surface area contributed by atoms with Gasteiger partial charge in [0.25, 0.3) is 0 Å². The number of nitrogens with two attached hydrogens (primary N) is 1. The van der Waals surface area contributed by atoms with Crippen LogP contribution < -0.4 is 10.5 Å². The van der Waals surface area contributed by atoms with E-state index in [-0.39, 0.29) is 10.9 Å². The fourth-order valence-electron chi connectivity index (χ4n) is 2.94. The fourth-order valence-corrected chi connectivity index (χ4v) is 5.70. The van der Waals surface area contributed by atoms with Crippen LogP contribution in [0.5, 0.6) is 0 Å². The molecular formula is C15H24N2O2S2. The van der Waals surface area contributed by atoms with Crippen LogP contribution in [0.4, 0.5) is 5.69 Å². The Morgan fingerprint density at radius 3 is 2.57 bits per heavy atom. The lowest BCUT2D eigenvalue weighted by molar-refractivity contribution is 0.423. The summed E-state index contributed by atoms with van der Waals surface area (Å²) < 4.78 is 28.4. The molecule has 3 N–H and O–H groups in total. The highest BCUT2D eigenvalue weighted by Crippen LogP contribution is 2.30. The summed E-state index contributed by atoms with van der Waals surface area (Å²) in [7, 11) is -3.58. The van der Waals surface area contributed by atoms with Crippen LogP contribution in [0, 0.1) is 13.8 Å². The maximum atomic E-state index is 12.8. The van der Waals surface area contributed by atoms with Crippen LogP contribution in [0.3, 0.4) is 0 Å². The maximum Gasteiger partial charge on any atom is 0.243 e. The summed E-state index contributed by atoms with van der Waals surface area (Å²) >= 11 is 1.74. The van der Waals surface area contributed by atoms with E-state index in [0.29, 0.717) is 10.9 Å². The number of sulfonamides is 1. The number of anilines is 1. The molecule has 2 unspecified atom stereocenters. The van der Waals surface area contributed by atoms with Crippen molar-refractivity contribution in [3.8, 4) is 0 Å². The zero-order valence-corrected chi connectivity index (χ0v) is 14.5. The third-order valence-corrected chi connectivity index (χ3v) is 7.15. The van der Waals surface area contributed by atoms with Crippen molar-refractivity contribution in [3.05, 3.63) is 23.3 Å². The molecule has 2 atom stereocenters. The monoisotopic (exact) mass is 328 g/mol. The Bertz CT molecular complexity index is 614. The first-order chi connectivity index (χ1) is 9.86. The lowest BCUT2D eigenvalue weighted by Gasteiger charge is -2.31. The number of rotatable bonds is 4. The minimum absolute atomic E-state index is 0.00179. The third-order valence-electron chi connectivity index (χ3n) is 4.29. The van der Waals surface area contributed by atoms with Crippen molar-refractivity contribution in [2.45, 2.75) is 55.7 Å². The van der Waals surface area contributed by atoms with E-state index >= 15 is 0 Å². The highest BCUT2D eigenvalue weighted by Gasteiger charge is 2.30. The molecule has 2 rings (SSSR count). The van der Waals surface area contributed by atoms with Crippen molar-refractivity contribution >= 4 is 27.5 Å². The molecule has 1 aliphatic rings. The fraction of sp³-hybridized carbons (Fsp3) is 0.600. The normalized spacial score (nSPS) is 23.2.